The Morgan fingerprint density at radius 1 is 1.55 bits per heavy atom. The van der Waals surface area contributed by atoms with Crippen LogP contribution in [0.2, 0.25) is 0 Å². The second-order valence-electron chi connectivity index (χ2n) is 4.43. The maximum atomic E-state index is 11.6. The third-order valence-corrected chi connectivity index (χ3v) is 2.83. The van der Waals surface area contributed by atoms with Crippen molar-refractivity contribution in [3.05, 3.63) is 33.9 Å². The highest BCUT2D eigenvalue weighted by Crippen LogP contribution is 2.27. The zero-order chi connectivity index (χ0) is 15.1. The summed E-state index contributed by atoms with van der Waals surface area (Å²) in [5, 5.41) is 13.7. The van der Waals surface area contributed by atoms with Crippen LogP contribution in [0.3, 0.4) is 0 Å². The van der Waals surface area contributed by atoms with Gasteiger partial charge in [0.1, 0.15) is 0 Å². The predicted molar refractivity (Wildman–Crippen MR) is 74.4 cm³/mol. The number of benzene rings is 1. The van der Waals surface area contributed by atoms with E-state index in [1.807, 2.05) is 13.8 Å². The lowest BCUT2D eigenvalue weighted by atomic mass is 10.2. The molecule has 0 aliphatic rings. The van der Waals surface area contributed by atoms with Crippen molar-refractivity contribution in [1.82, 2.24) is 5.32 Å². The Balaban J connectivity index is 2.72. The number of rotatable bonds is 7. The van der Waals surface area contributed by atoms with E-state index in [1.165, 1.54) is 12.1 Å². The molecular weight excluding hydrogens is 262 g/mol. The Labute approximate surface area is 117 Å². The van der Waals surface area contributed by atoms with E-state index in [-0.39, 0.29) is 36.5 Å². The number of nitrogens with two attached hydrogens (primary N) is 1. The van der Waals surface area contributed by atoms with Gasteiger partial charge in [-0.05, 0) is 25.0 Å². The van der Waals surface area contributed by atoms with Crippen LogP contribution in [0.1, 0.15) is 25.8 Å². The van der Waals surface area contributed by atoms with Gasteiger partial charge in [-0.25, -0.2) is 0 Å². The second-order valence-corrected chi connectivity index (χ2v) is 4.43. The highest BCUT2D eigenvalue weighted by molar-refractivity contribution is 5.77. The van der Waals surface area contributed by atoms with E-state index in [2.05, 4.69) is 5.32 Å². The van der Waals surface area contributed by atoms with Crippen LogP contribution in [0.25, 0.3) is 0 Å². The van der Waals surface area contributed by atoms with Gasteiger partial charge in [0.15, 0.2) is 12.4 Å². The highest BCUT2D eigenvalue weighted by atomic mass is 16.6. The molecule has 0 saturated heterocycles. The number of nitrogens with zero attached hydrogens (tertiary/aromatic N) is 1. The highest BCUT2D eigenvalue weighted by Gasteiger charge is 2.17. The van der Waals surface area contributed by atoms with Gasteiger partial charge in [-0.3, -0.25) is 14.9 Å². The van der Waals surface area contributed by atoms with Crippen molar-refractivity contribution in [3.63, 3.8) is 0 Å². The molecule has 1 aromatic carbocycles. The first-order valence-corrected chi connectivity index (χ1v) is 6.37. The standard InChI is InChI=1S/C13H19N3O4/c1-3-9(2)15-13(17)8-20-12-5-4-10(7-14)6-11(12)16(18)19/h4-6,9H,3,7-8,14H2,1-2H3,(H,15,17). The summed E-state index contributed by atoms with van der Waals surface area (Å²) in [4.78, 5) is 22.0. The van der Waals surface area contributed by atoms with Crippen LogP contribution in [0, 0.1) is 10.1 Å². The Hall–Kier alpha value is -2.15. The van der Waals surface area contributed by atoms with Gasteiger partial charge in [0.2, 0.25) is 0 Å². The van der Waals surface area contributed by atoms with Gasteiger partial charge in [-0.1, -0.05) is 13.0 Å². The summed E-state index contributed by atoms with van der Waals surface area (Å²) in [5.41, 5.74) is 5.88. The minimum atomic E-state index is -0.554. The fourth-order valence-corrected chi connectivity index (χ4v) is 1.52. The molecule has 20 heavy (non-hydrogen) atoms. The monoisotopic (exact) mass is 281 g/mol. The average Bonchev–Trinajstić information content (AvgIpc) is 2.44. The lowest BCUT2D eigenvalue weighted by Crippen LogP contribution is -2.35. The van der Waals surface area contributed by atoms with Gasteiger partial charge in [0, 0.05) is 18.7 Å². The molecule has 1 amide bonds. The zero-order valence-corrected chi connectivity index (χ0v) is 11.6. The number of nitrogens with one attached hydrogen (secondary N) is 1. The fourth-order valence-electron chi connectivity index (χ4n) is 1.52. The molecule has 1 unspecified atom stereocenters. The van der Waals surface area contributed by atoms with E-state index in [0.717, 1.165) is 6.42 Å². The lowest BCUT2D eigenvalue weighted by molar-refractivity contribution is -0.385. The van der Waals surface area contributed by atoms with Crippen LogP contribution in [0.4, 0.5) is 5.69 Å². The van der Waals surface area contributed by atoms with Crippen molar-refractivity contribution in [1.29, 1.82) is 0 Å². The third-order valence-electron chi connectivity index (χ3n) is 2.83. The number of ether oxygens (including phenoxy) is 1. The normalized spacial score (nSPS) is 11.8. The van der Waals surface area contributed by atoms with Crippen LogP contribution in [-0.2, 0) is 11.3 Å². The number of hydrogen-bond acceptors (Lipinski definition) is 5. The summed E-state index contributed by atoms with van der Waals surface area (Å²) in [7, 11) is 0. The molecule has 0 radical (unpaired) electrons. The van der Waals surface area contributed by atoms with Crippen LogP contribution in [0.15, 0.2) is 18.2 Å². The summed E-state index contributed by atoms with van der Waals surface area (Å²) >= 11 is 0. The van der Waals surface area contributed by atoms with Crippen molar-refractivity contribution in [2.24, 2.45) is 5.73 Å². The molecule has 0 fully saturated rings. The Morgan fingerprint density at radius 3 is 2.80 bits per heavy atom. The Kier molecular flexibility index (Phi) is 5.92. The molecule has 1 rings (SSSR count). The number of carbonyl (C=O) groups excluding carboxylic acids is 1. The molecule has 3 N–H and O–H groups in total. The van der Waals surface area contributed by atoms with Gasteiger partial charge in [-0.15, -0.1) is 0 Å². The first-order chi connectivity index (χ1) is 9.47. The molecule has 0 aliphatic carbocycles. The number of hydrogen-bond donors (Lipinski definition) is 2. The predicted octanol–water partition coefficient (Wildman–Crippen LogP) is 1.35. The van der Waals surface area contributed by atoms with E-state index in [9.17, 15) is 14.9 Å². The molecule has 1 atom stereocenters. The van der Waals surface area contributed by atoms with Crippen molar-refractivity contribution < 1.29 is 14.5 Å². The molecule has 7 heteroatoms. The molecule has 0 bridgehead atoms. The lowest BCUT2D eigenvalue weighted by Gasteiger charge is -2.12. The fraction of sp³-hybridized carbons (Fsp3) is 0.462. The summed E-state index contributed by atoms with van der Waals surface area (Å²) in [6.07, 6.45) is 0.803. The Bertz CT molecular complexity index is 491. The molecule has 0 heterocycles. The second kappa shape index (κ2) is 7.44. The molecule has 1 aromatic rings. The molecule has 7 nitrogen and oxygen atoms in total. The summed E-state index contributed by atoms with van der Waals surface area (Å²) in [6.45, 7) is 3.77. The number of amides is 1. The van der Waals surface area contributed by atoms with E-state index >= 15 is 0 Å². The maximum absolute atomic E-state index is 11.6. The topological polar surface area (TPSA) is 107 Å². The first kappa shape index (κ1) is 15.9. The van der Waals surface area contributed by atoms with Crippen LogP contribution < -0.4 is 15.8 Å². The van der Waals surface area contributed by atoms with Crippen molar-refractivity contribution in [2.75, 3.05) is 6.61 Å². The van der Waals surface area contributed by atoms with E-state index in [4.69, 9.17) is 10.5 Å². The van der Waals surface area contributed by atoms with Crippen LogP contribution in [0.5, 0.6) is 5.75 Å². The van der Waals surface area contributed by atoms with E-state index in [1.54, 1.807) is 6.07 Å². The molecule has 110 valence electrons. The molecule has 0 spiro atoms. The maximum Gasteiger partial charge on any atom is 0.311 e. The largest absolute Gasteiger partial charge is 0.477 e. The molecule has 0 aromatic heterocycles. The minimum Gasteiger partial charge on any atom is -0.477 e. The smallest absolute Gasteiger partial charge is 0.311 e. The van der Waals surface area contributed by atoms with E-state index < -0.39 is 4.92 Å². The van der Waals surface area contributed by atoms with Gasteiger partial charge < -0.3 is 15.8 Å². The SMILES string of the molecule is CCC(C)NC(=O)COc1ccc(CN)cc1[N+](=O)[O-]. The van der Waals surface area contributed by atoms with Crippen LogP contribution in [-0.4, -0.2) is 23.5 Å². The Morgan fingerprint density at radius 2 is 2.25 bits per heavy atom. The van der Waals surface area contributed by atoms with Gasteiger partial charge in [0.05, 0.1) is 4.92 Å². The first-order valence-electron chi connectivity index (χ1n) is 6.37. The molecular formula is C13H19N3O4. The quantitative estimate of drug-likeness (QED) is 0.579. The summed E-state index contributed by atoms with van der Waals surface area (Å²) < 4.78 is 5.21. The number of carbonyl (C=O) groups is 1. The summed E-state index contributed by atoms with van der Waals surface area (Å²) in [6, 6.07) is 4.48. The van der Waals surface area contributed by atoms with Gasteiger partial charge in [-0.2, -0.15) is 0 Å². The van der Waals surface area contributed by atoms with Crippen molar-refractivity contribution in [3.8, 4) is 5.75 Å². The van der Waals surface area contributed by atoms with Crippen LogP contribution >= 0.6 is 0 Å². The number of nitro groups is 1. The summed E-state index contributed by atoms with van der Waals surface area (Å²) in [5.74, 6) is -0.247. The molecule has 0 saturated carbocycles. The van der Waals surface area contributed by atoms with Gasteiger partial charge >= 0.3 is 5.69 Å². The third kappa shape index (κ3) is 4.51. The van der Waals surface area contributed by atoms with Gasteiger partial charge in [0.25, 0.3) is 5.91 Å². The van der Waals surface area contributed by atoms with Crippen molar-refractivity contribution >= 4 is 11.6 Å². The van der Waals surface area contributed by atoms with E-state index in [0.29, 0.717) is 5.56 Å². The zero-order valence-electron chi connectivity index (χ0n) is 11.6. The minimum absolute atomic E-state index is 0.0423. The van der Waals surface area contributed by atoms with Crippen molar-refractivity contribution in [2.45, 2.75) is 32.9 Å². The molecule has 0 aliphatic heterocycles. The average molecular weight is 281 g/mol. The number of nitro benzene ring substituents is 1.